The zero-order chi connectivity index (χ0) is 24.7. The first kappa shape index (κ1) is 25.6. The van der Waals surface area contributed by atoms with E-state index in [1.807, 2.05) is 0 Å². The molecule has 184 valence electrons. The van der Waals surface area contributed by atoms with Crippen molar-refractivity contribution in [1.29, 1.82) is 0 Å². The molecule has 0 radical (unpaired) electrons. The van der Waals surface area contributed by atoms with E-state index >= 15 is 0 Å². The molecule has 1 unspecified atom stereocenters. The predicted octanol–water partition coefficient (Wildman–Crippen LogP) is 1.10. The van der Waals surface area contributed by atoms with Crippen molar-refractivity contribution >= 4 is 13.7 Å². The van der Waals surface area contributed by atoms with E-state index in [0.717, 1.165) is 10.6 Å². The van der Waals surface area contributed by atoms with E-state index in [1.165, 1.54) is 19.2 Å². The van der Waals surface area contributed by atoms with E-state index < -0.39 is 49.4 Å². The maximum atomic E-state index is 13.5. The van der Waals surface area contributed by atoms with Crippen LogP contribution in [0.1, 0.15) is 19.6 Å². The van der Waals surface area contributed by atoms with Crippen molar-refractivity contribution in [3.63, 3.8) is 0 Å². The minimum Gasteiger partial charge on any atom is -0.460 e. The van der Waals surface area contributed by atoms with Gasteiger partial charge in [-0.2, -0.15) is 5.09 Å². The number of ether oxygens (including phenoxy) is 2. The smallest absolute Gasteiger partial charge is 0.459 e. The van der Waals surface area contributed by atoms with Crippen LogP contribution in [0, 0.1) is 0 Å². The van der Waals surface area contributed by atoms with E-state index in [-0.39, 0.29) is 25.4 Å². The topological polar surface area (TPSA) is 158 Å². The standard InChI is InChI=1S/C21H26N3O9P/c1-3-11-30-20(27)14(2)23-34(29,33-15-7-5-4-6-8-15)31-13-17-16(25)12-19(32-17)24-10-9-18(26)22-21(24)28/h3-10,14,16-17,19,25H,1,11-13H2,2H3,(H,23,29)(H,22,26,28)/t14-,16-,17?,19+,34-/m0/s1. The molecule has 1 aliphatic heterocycles. The first-order valence-corrected chi connectivity index (χ1v) is 11.9. The van der Waals surface area contributed by atoms with Crippen LogP contribution in [-0.4, -0.2) is 52.1 Å². The number of rotatable bonds is 11. The van der Waals surface area contributed by atoms with Gasteiger partial charge in [-0.15, -0.1) is 0 Å². The number of aliphatic hydroxyl groups excluding tert-OH is 1. The van der Waals surface area contributed by atoms with Gasteiger partial charge in [-0.1, -0.05) is 30.9 Å². The number of H-pyrrole nitrogens is 1. The number of carbonyl (C=O) groups excluding carboxylic acids is 1. The number of carbonyl (C=O) groups is 1. The number of aliphatic hydroxyl groups is 1. The summed E-state index contributed by atoms with van der Waals surface area (Å²) < 4.78 is 36.3. The predicted molar refractivity (Wildman–Crippen MR) is 120 cm³/mol. The maximum Gasteiger partial charge on any atom is 0.459 e. The van der Waals surface area contributed by atoms with Crippen molar-refractivity contribution in [2.24, 2.45) is 0 Å². The van der Waals surface area contributed by atoms with Gasteiger partial charge >= 0.3 is 19.4 Å². The molecule has 3 rings (SSSR count). The number of nitrogens with one attached hydrogen (secondary N) is 2. The highest BCUT2D eigenvalue weighted by molar-refractivity contribution is 7.52. The molecule has 0 amide bonds. The highest BCUT2D eigenvalue weighted by Crippen LogP contribution is 2.45. The van der Waals surface area contributed by atoms with Gasteiger partial charge in [0.2, 0.25) is 0 Å². The van der Waals surface area contributed by atoms with Crippen molar-refractivity contribution in [3.05, 3.63) is 76.1 Å². The second-order valence-corrected chi connectivity index (χ2v) is 9.11. The molecule has 2 aromatic rings. The summed E-state index contributed by atoms with van der Waals surface area (Å²) >= 11 is 0. The third kappa shape index (κ3) is 6.75. The van der Waals surface area contributed by atoms with E-state index in [4.69, 9.17) is 18.5 Å². The molecule has 3 N–H and O–H groups in total. The number of hydrogen-bond acceptors (Lipinski definition) is 9. The summed E-state index contributed by atoms with van der Waals surface area (Å²) in [5.41, 5.74) is -1.26. The number of nitrogens with zero attached hydrogens (tertiary/aromatic N) is 1. The molecule has 1 aromatic carbocycles. The van der Waals surface area contributed by atoms with Crippen molar-refractivity contribution in [2.75, 3.05) is 13.2 Å². The Morgan fingerprint density at radius 3 is 2.79 bits per heavy atom. The average molecular weight is 495 g/mol. The number of hydrogen-bond donors (Lipinski definition) is 3. The fourth-order valence-electron chi connectivity index (χ4n) is 3.13. The van der Waals surface area contributed by atoms with E-state index in [2.05, 4.69) is 16.7 Å². The lowest BCUT2D eigenvalue weighted by molar-refractivity contribution is -0.144. The quantitative estimate of drug-likeness (QED) is 0.234. The molecule has 13 heteroatoms. The van der Waals surface area contributed by atoms with E-state index in [1.54, 1.807) is 30.3 Å². The Bertz CT molecular complexity index is 1150. The molecule has 5 atom stereocenters. The molecule has 1 fully saturated rings. The first-order valence-electron chi connectivity index (χ1n) is 10.4. The number of para-hydroxylation sites is 1. The Hall–Kier alpha value is -3.02. The van der Waals surface area contributed by atoms with Crippen molar-refractivity contribution in [3.8, 4) is 5.75 Å². The zero-order valence-electron chi connectivity index (χ0n) is 18.4. The van der Waals surface area contributed by atoms with Crippen molar-refractivity contribution < 1.29 is 33.0 Å². The van der Waals surface area contributed by atoms with E-state index in [0.29, 0.717) is 0 Å². The molecule has 0 saturated carbocycles. The van der Waals surface area contributed by atoms with E-state index in [9.17, 15) is 24.1 Å². The number of benzene rings is 1. The van der Waals surface area contributed by atoms with Gasteiger partial charge < -0.3 is 19.1 Å². The molecule has 2 heterocycles. The first-order chi connectivity index (χ1) is 16.2. The fourth-order valence-corrected chi connectivity index (χ4v) is 4.63. The number of aromatic amines is 1. The molecular weight excluding hydrogens is 469 g/mol. The van der Waals surface area contributed by atoms with Crippen LogP contribution < -0.4 is 20.9 Å². The van der Waals surface area contributed by atoms with Gasteiger partial charge in [-0.05, 0) is 19.1 Å². The highest BCUT2D eigenvalue weighted by atomic mass is 31.2. The minimum atomic E-state index is -4.15. The number of esters is 1. The largest absolute Gasteiger partial charge is 0.460 e. The normalized spacial score (nSPS) is 22.5. The van der Waals surface area contributed by atoms with Gasteiger partial charge in [-0.25, -0.2) is 9.36 Å². The highest BCUT2D eigenvalue weighted by Gasteiger charge is 2.39. The summed E-state index contributed by atoms with van der Waals surface area (Å²) in [6, 6.07) is 8.27. The average Bonchev–Trinajstić information content (AvgIpc) is 3.16. The summed E-state index contributed by atoms with van der Waals surface area (Å²) in [5, 5.41) is 12.9. The molecule has 1 aliphatic rings. The Morgan fingerprint density at radius 1 is 1.38 bits per heavy atom. The third-order valence-electron chi connectivity index (χ3n) is 4.79. The molecule has 0 bridgehead atoms. The van der Waals surface area contributed by atoms with Crippen LogP contribution in [0.3, 0.4) is 0 Å². The van der Waals surface area contributed by atoms with Crippen LogP contribution in [0.2, 0.25) is 0 Å². The summed E-state index contributed by atoms with van der Waals surface area (Å²) in [5.74, 6) is -0.481. The molecular formula is C21H26N3O9P. The van der Waals surface area contributed by atoms with Crippen LogP contribution in [-0.2, 0) is 23.4 Å². The molecule has 12 nitrogen and oxygen atoms in total. The van der Waals surface area contributed by atoms with Crippen LogP contribution in [0.25, 0.3) is 0 Å². The second kappa shape index (κ2) is 11.4. The minimum absolute atomic E-state index is 0.0246. The van der Waals surface area contributed by atoms with Crippen LogP contribution in [0.4, 0.5) is 0 Å². The lowest BCUT2D eigenvalue weighted by Gasteiger charge is -2.24. The Labute approximate surface area is 194 Å². The Kier molecular flexibility index (Phi) is 8.59. The molecule has 0 aliphatic carbocycles. The van der Waals surface area contributed by atoms with Gasteiger partial charge in [-0.3, -0.25) is 23.7 Å². The lowest BCUT2D eigenvalue weighted by atomic mass is 10.2. The summed E-state index contributed by atoms with van der Waals surface area (Å²) in [6.07, 6.45) is -0.233. The fraction of sp³-hybridized carbons (Fsp3) is 0.381. The van der Waals surface area contributed by atoms with Gasteiger partial charge in [0.15, 0.2) is 0 Å². The molecule has 1 saturated heterocycles. The number of aromatic nitrogens is 2. The van der Waals surface area contributed by atoms with Crippen molar-refractivity contribution in [2.45, 2.75) is 37.8 Å². The molecule has 1 aromatic heterocycles. The summed E-state index contributed by atoms with van der Waals surface area (Å²) in [7, 11) is -4.15. The summed E-state index contributed by atoms with van der Waals surface area (Å²) in [6.45, 7) is 4.48. The third-order valence-corrected chi connectivity index (χ3v) is 6.44. The SMILES string of the molecule is C=CCOC(=O)[C@H](C)N[P@](=O)(OCC1O[C@@H](n2ccc(=O)[nH]c2=O)C[C@@H]1O)Oc1ccccc1. The Morgan fingerprint density at radius 2 is 2.12 bits per heavy atom. The van der Waals surface area contributed by atoms with Gasteiger partial charge in [0.25, 0.3) is 5.56 Å². The molecule has 0 spiro atoms. The monoisotopic (exact) mass is 495 g/mol. The Balaban J connectivity index is 1.71. The van der Waals surface area contributed by atoms with Crippen LogP contribution in [0.5, 0.6) is 5.75 Å². The zero-order valence-corrected chi connectivity index (χ0v) is 19.3. The van der Waals surface area contributed by atoms with Crippen LogP contribution in [0.15, 0.2) is 64.8 Å². The summed E-state index contributed by atoms with van der Waals surface area (Å²) in [4.78, 5) is 37.5. The van der Waals surface area contributed by atoms with Crippen LogP contribution >= 0.6 is 7.75 Å². The van der Waals surface area contributed by atoms with Gasteiger partial charge in [0.05, 0.1) is 12.7 Å². The lowest BCUT2D eigenvalue weighted by Crippen LogP contribution is -2.36. The second-order valence-electron chi connectivity index (χ2n) is 7.42. The molecule has 34 heavy (non-hydrogen) atoms. The van der Waals surface area contributed by atoms with Crippen molar-refractivity contribution in [1.82, 2.24) is 14.6 Å². The van der Waals surface area contributed by atoms with Gasteiger partial charge in [0.1, 0.15) is 30.7 Å². The maximum absolute atomic E-state index is 13.5. The van der Waals surface area contributed by atoms with Gasteiger partial charge in [0, 0.05) is 18.7 Å².